The van der Waals surface area contributed by atoms with Gasteiger partial charge in [0.2, 0.25) is 0 Å². The Bertz CT molecular complexity index is 1040. The highest BCUT2D eigenvalue weighted by molar-refractivity contribution is 9.10. The van der Waals surface area contributed by atoms with Crippen LogP contribution in [0.15, 0.2) is 99.6 Å². The largest absolute Gasteiger partial charge is 0.0671 e. The van der Waals surface area contributed by atoms with Gasteiger partial charge in [-0.3, -0.25) is 0 Å². The molecule has 1 aliphatic carbocycles. The van der Waals surface area contributed by atoms with Crippen molar-refractivity contribution in [3.8, 4) is 11.1 Å². The monoisotopic (exact) mass is 490 g/mol. The maximum atomic E-state index is 3.73. The van der Waals surface area contributed by atoms with Gasteiger partial charge in [-0.25, -0.2) is 0 Å². The summed E-state index contributed by atoms with van der Waals surface area (Å²) in [6, 6.07) is 31.0. The molecule has 0 saturated carbocycles. The second-order valence-corrected chi connectivity index (χ2v) is 9.94. The van der Waals surface area contributed by atoms with Gasteiger partial charge >= 0.3 is 0 Å². The van der Waals surface area contributed by atoms with Gasteiger partial charge in [0.05, 0.1) is 5.41 Å². The number of fused-ring (bicyclic) bond motifs is 3. The van der Waals surface area contributed by atoms with E-state index in [9.17, 15) is 0 Å². The van der Waals surface area contributed by atoms with Gasteiger partial charge in [-0.2, -0.15) is 0 Å². The van der Waals surface area contributed by atoms with Gasteiger partial charge in [0.1, 0.15) is 0 Å². The van der Waals surface area contributed by atoms with Crippen molar-refractivity contribution in [1.82, 2.24) is 0 Å². The molecule has 4 aromatic rings. The minimum Gasteiger partial charge on any atom is -0.0661 e. The number of rotatable bonds is 2. The van der Waals surface area contributed by atoms with Crippen LogP contribution < -0.4 is 0 Å². The summed E-state index contributed by atoms with van der Waals surface area (Å²) in [7, 11) is 0.0410. The number of halogens is 2. The molecular formula is C24H16Br2Si. The molecule has 3 heteroatoms. The Labute approximate surface area is 178 Å². The van der Waals surface area contributed by atoms with Crippen molar-refractivity contribution in [3.05, 3.63) is 121 Å². The van der Waals surface area contributed by atoms with E-state index in [4.69, 9.17) is 0 Å². The van der Waals surface area contributed by atoms with Gasteiger partial charge in [-0.05, 0) is 51.2 Å². The summed E-state index contributed by atoms with van der Waals surface area (Å²) in [5, 5.41) is 1.54. The summed E-state index contributed by atoms with van der Waals surface area (Å²) in [6.45, 7) is 0. The topological polar surface area (TPSA) is 0 Å². The second-order valence-electron chi connectivity index (χ2n) is 6.86. The Kier molecular flexibility index (Phi) is 4.27. The van der Waals surface area contributed by atoms with Gasteiger partial charge in [0, 0.05) is 18.1 Å². The Morgan fingerprint density at radius 1 is 0.630 bits per heavy atom. The standard InChI is InChI=1S/C24H16Br2Si/c25-18-11-12-22-20(13-18)21-14-19(26)15-27-23(21)24(22,16-7-3-1-4-8-16)17-9-5-2-6-10-17/h1-15,27H. The van der Waals surface area contributed by atoms with Gasteiger partial charge in [0.25, 0.3) is 0 Å². The number of hydrogen-bond donors (Lipinski definition) is 0. The SMILES string of the molecule is Brc1ccc2c(c1)-c1cc(Br)c[siH]c1C2(c1ccccc1)c1ccccc1. The first kappa shape index (κ1) is 17.3. The lowest BCUT2D eigenvalue weighted by molar-refractivity contribution is 0.782. The van der Waals surface area contributed by atoms with Crippen molar-refractivity contribution in [2.24, 2.45) is 0 Å². The highest BCUT2D eigenvalue weighted by Crippen LogP contribution is 2.55. The van der Waals surface area contributed by atoms with Crippen LogP contribution >= 0.6 is 31.9 Å². The predicted octanol–water partition coefficient (Wildman–Crippen LogP) is 6.65. The molecule has 0 atom stereocenters. The van der Waals surface area contributed by atoms with Crippen LogP contribution in [0, 0.1) is 0 Å². The lowest BCUT2D eigenvalue weighted by Gasteiger charge is -2.34. The van der Waals surface area contributed by atoms with E-state index in [1.54, 1.807) is 0 Å². The molecular weight excluding hydrogens is 476 g/mol. The van der Waals surface area contributed by atoms with E-state index < -0.39 is 0 Å². The smallest absolute Gasteiger partial charge is 0.0661 e. The first-order valence-electron chi connectivity index (χ1n) is 8.93. The lowest BCUT2D eigenvalue weighted by Crippen LogP contribution is -2.29. The molecule has 0 amide bonds. The van der Waals surface area contributed by atoms with Crippen molar-refractivity contribution >= 4 is 41.0 Å². The molecule has 3 aromatic carbocycles. The quantitative estimate of drug-likeness (QED) is 0.242. The maximum Gasteiger partial charge on any atom is 0.0671 e. The molecule has 1 heterocycles. The average molecular weight is 492 g/mol. The predicted molar refractivity (Wildman–Crippen MR) is 122 cm³/mol. The van der Waals surface area contributed by atoms with E-state index in [0.717, 1.165) is 4.47 Å². The minimum absolute atomic E-state index is 0.0410. The third-order valence-corrected chi connectivity index (χ3v) is 8.55. The van der Waals surface area contributed by atoms with E-state index >= 15 is 0 Å². The van der Waals surface area contributed by atoms with Crippen molar-refractivity contribution in [1.29, 1.82) is 0 Å². The van der Waals surface area contributed by atoms with Crippen molar-refractivity contribution < 1.29 is 0 Å². The minimum atomic E-state index is -0.218. The molecule has 0 radical (unpaired) electrons. The zero-order valence-corrected chi connectivity index (χ0v) is 18.8. The summed E-state index contributed by atoms with van der Waals surface area (Å²) >= 11 is 7.42. The van der Waals surface area contributed by atoms with E-state index in [1.165, 1.54) is 37.5 Å². The maximum absolute atomic E-state index is 3.73. The van der Waals surface area contributed by atoms with Gasteiger partial charge in [-0.15, -0.1) is 0 Å². The molecule has 0 nitrogen and oxygen atoms in total. The van der Waals surface area contributed by atoms with Gasteiger partial charge in [-0.1, -0.05) is 104 Å². The van der Waals surface area contributed by atoms with E-state index in [1.807, 2.05) is 0 Å². The molecule has 27 heavy (non-hydrogen) atoms. The second kappa shape index (κ2) is 6.66. The van der Waals surface area contributed by atoms with Crippen molar-refractivity contribution in [2.45, 2.75) is 5.41 Å². The molecule has 0 fully saturated rings. The zero-order valence-electron chi connectivity index (χ0n) is 14.5. The summed E-state index contributed by atoms with van der Waals surface area (Å²) < 4.78 is 2.32. The average Bonchev–Trinajstić information content (AvgIpc) is 2.99. The fourth-order valence-corrected chi connectivity index (χ4v) is 7.01. The molecule has 1 aromatic heterocycles. The van der Waals surface area contributed by atoms with Crippen LogP contribution in [0.25, 0.3) is 11.1 Å². The Morgan fingerprint density at radius 2 is 1.22 bits per heavy atom. The van der Waals surface area contributed by atoms with Crippen LogP contribution in [-0.4, -0.2) is 9.12 Å². The van der Waals surface area contributed by atoms with Gasteiger partial charge < -0.3 is 0 Å². The van der Waals surface area contributed by atoms with Crippen molar-refractivity contribution in [2.75, 3.05) is 0 Å². The molecule has 0 saturated heterocycles. The van der Waals surface area contributed by atoms with E-state index in [-0.39, 0.29) is 14.5 Å². The summed E-state index contributed by atoms with van der Waals surface area (Å²) in [4.78, 5) is 0. The number of hydrogen-bond acceptors (Lipinski definition) is 0. The van der Waals surface area contributed by atoms with Crippen molar-refractivity contribution in [3.63, 3.8) is 0 Å². The van der Waals surface area contributed by atoms with Gasteiger partial charge in [0.15, 0.2) is 0 Å². The van der Waals surface area contributed by atoms with E-state index in [2.05, 4.69) is 122 Å². The lowest BCUT2D eigenvalue weighted by atomic mass is 9.70. The zero-order chi connectivity index (χ0) is 18.4. The molecule has 0 aliphatic heterocycles. The first-order chi connectivity index (χ1) is 13.2. The van der Waals surface area contributed by atoms with Crippen LogP contribution in [0.5, 0.6) is 0 Å². The Morgan fingerprint density at radius 3 is 1.85 bits per heavy atom. The van der Waals surface area contributed by atoms with Crippen LogP contribution in [-0.2, 0) is 5.41 Å². The molecule has 0 spiro atoms. The molecule has 0 bridgehead atoms. The molecule has 0 unspecified atom stereocenters. The summed E-state index contributed by atoms with van der Waals surface area (Å²) in [5.41, 5.74) is 8.93. The molecule has 1 aliphatic rings. The summed E-state index contributed by atoms with van der Waals surface area (Å²) in [5.74, 6) is 0. The fraction of sp³-hybridized carbons (Fsp3) is 0.0417. The third kappa shape index (κ3) is 2.56. The fourth-order valence-electron chi connectivity index (χ4n) is 4.44. The molecule has 5 rings (SSSR count). The Hall–Kier alpha value is -1.81. The third-order valence-electron chi connectivity index (χ3n) is 5.48. The van der Waals surface area contributed by atoms with Crippen LogP contribution in [0.4, 0.5) is 0 Å². The Balaban J connectivity index is 1.98. The van der Waals surface area contributed by atoms with Crippen LogP contribution in [0.2, 0.25) is 0 Å². The summed E-state index contributed by atoms with van der Waals surface area (Å²) in [6.07, 6.45) is 0. The first-order valence-corrected chi connectivity index (χ1v) is 11.8. The normalized spacial score (nSPS) is 13.9. The number of benzene rings is 3. The highest BCUT2D eigenvalue weighted by Gasteiger charge is 2.45. The molecule has 0 N–H and O–H groups in total. The highest BCUT2D eigenvalue weighted by atomic mass is 79.9. The van der Waals surface area contributed by atoms with E-state index in [0.29, 0.717) is 0 Å². The molecule has 130 valence electrons. The van der Waals surface area contributed by atoms with Crippen LogP contribution in [0.3, 0.4) is 0 Å². The van der Waals surface area contributed by atoms with Crippen LogP contribution in [0.1, 0.15) is 21.9 Å².